The minimum absolute atomic E-state index is 0.0137. The van der Waals surface area contributed by atoms with E-state index in [1.54, 1.807) is 11.3 Å². The highest BCUT2D eigenvalue weighted by atomic mass is 32.1. The summed E-state index contributed by atoms with van der Waals surface area (Å²) in [5, 5.41) is 8.57. The van der Waals surface area contributed by atoms with E-state index >= 15 is 0 Å². The zero-order chi connectivity index (χ0) is 14.7. The molecule has 110 valence electrons. The van der Waals surface area contributed by atoms with Crippen molar-refractivity contribution in [1.82, 2.24) is 5.32 Å². The van der Waals surface area contributed by atoms with E-state index in [9.17, 15) is 4.79 Å². The van der Waals surface area contributed by atoms with Crippen LogP contribution in [0, 0.1) is 5.92 Å². The van der Waals surface area contributed by atoms with Gasteiger partial charge in [-0.1, -0.05) is 12.1 Å². The first-order valence-corrected chi connectivity index (χ1v) is 8.34. The third-order valence-corrected chi connectivity index (χ3v) is 4.68. The summed E-state index contributed by atoms with van der Waals surface area (Å²) in [6.45, 7) is 2.58. The van der Waals surface area contributed by atoms with E-state index in [1.165, 1.54) is 17.7 Å². The van der Waals surface area contributed by atoms with Crippen molar-refractivity contribution >= 4 is 22.9 Å². The van der Waals surface area contributed by atoms with E-state index in [-0.39, 0.29) is 5.91 Å². The van der Waals surface area contributed by atoms with Gasteiger partial charge in [0, 0.05) is 22.7 Å². The maximum atomic E-state index is 11.9. The third-order valence-electron chi connectivity index (χ3n) is 3.73. The molecule has 1 aliphatic rings. The van der Waals surface area contributed by atoms with Gasteiger partial charge in [-0.25, -0.2) is 0 Å². The van der Waals surface area contributed by atoms with Crippen LogP contribution in [0.2, 0.25) is 0 Å². The van der Waals surface area contributed by atoms with E-state index in [2.05, 4.69) is 28.1 Å². The minimum Gasteiger partial charge on any atom is -0.377 e. The van der Waals surface area contributed by atoms with E-state index in [4.69, 9.17) is 0 Å². The molecule has 4 heteroatoms. The molecule has 0 bridgehead atoms. The van der Waals surface area contributed by atoms with E-state index < -0.39 is 0 Å². The molecule has 3 nitrogen and oxygen atoms in total. The minimum atomic E-state index is -0.0137. The molecule has 1 unspecified atom stereocenters. The lowest BCUT2D eigenvalue weighted by atomic mass is 10.1. The number of benzene rings is 1. The molecule has 2 N–H and O–H groups in total. The average Bonchev–Trinajstić information content (AvgIpc) is 3.19. The van der Waals surface area contributed by atoms with Gasteiger partial charge in [-0.3, -0.25) is 4.79 Å². The van der Waals surface area contributed by atoms with Gasteiger partial charge in [0.05, 0.1) is 6.04 Å². The first kappa shape index (κ1) is 14.1. The number of carbonyl (C=O) groups excluding carboxylic acids is 1. The standard InChI is InChI=1S/C17H20N2OS/c1-2-18-17(20)13-5-3-6-14(11-13)19-16(12-8-9-12)15-7-4-10-21-15/h3-7,10-12,16,19H,2,8-9H2,1H3,(H,18,20). The maximum absolute atomic E-state index is 11.9. The smallest absolute Gasteiger partial charge is 0.251 e. The number of amides is 1. The number of nitrogens with one attached hydrogen (secondary N) is 2. The molecule has 2 aromatic rings. The monoisotopic (exact) mass is 300 g/mol. The lowest BCUT2D eigenvalue weighted by molar-refractivity contribution is 0.0956. The summed E-state index contributed by atoms with van der Waals surface area (Å²) in [4.78, 5) is 13.3. The van der Waals surface area contributed by atoms with Crippen LogP contribution in [-0.2, 0) is 0 Å². The fraction of sp³-hybridized carbons (Fsp3) is 0.353. The van der Waals surface area contributed by atoms with Gasteiger partial charge in [0.2, 0.25) is 0 Å². The molecular formula is C17H20N2OS. The Kier molecular flexibility index (Phi) is 4.25. The highest BCUT2D eigenvalue weighted by Crippen LogP contribution is 2.44. The zero-order valence-corrected chi connectivity index (χ0v) is 13.0. The van der Waals surface area contributed by atoms with Crippen LogP contribution in [0.4, 0.5) is 5.69 Å². The second-order valence-electron chi connectivity index (χ2n) is 5.42. The van der Waals surface area contributed by atoms with E-state index in [1.807, 2.05) is 31.2 Å². The second kappa shape index (κ2) is 6.31. The normalized spacial score (nSPS) is 15.5. The molecule has 0 spiro atoms. The highest BCUT2D eigenvalue weighted by molar-refractivity contribution is 7.10. The molecule has 3 rings (SSSR count). The molecule has 0 saturated heterocycles. The van der Waals surface area contributed by atoms with Gasteiger partial charge in [-0.05, 0) is 55.3 Å². The molecule has 1 atom stereocenters. The number of thiophene rings is 1. The first-order valence-electron chi connectivity index (χ1n) is 7.46. The third kappa shape index (κ3) is 3.45. The first-order chi connectivity index (χ1) is 10.3. The predicted octanol–water partition coefficient (Wildman–Crippen LogP) is 4.06. The van der Waals surface area contributed by atoms with Crippen LogP contribution in [0.1, 0.15) is 41.0 Å². The Hall–Kier alpha value is -1.81. The van der Waals surface area contributed by atoms with Gasteiger partial charge < -0.3 is 10.6 Å². The molecule has 1 aromatic heterocycles. The number of hydrogen-bond acceptors (Lipinski definition) is 3. The van der Waals surface area contributed by atoms with Crippen LogP contribution in [0.15, 0.2) is 41.8 Å². The number of hydrogen-bond donors (Lipinski definition) is 2. The van der Waals surface area contributed by atoms with E-state index in [0.29, 0.717) is 18.2 Å². The van der Waals surface area contributed by atoms with Crippen LogP contribution in [0.25, 0.3) is 0 Å². The molecule has 21 heavy (non-hydrogen) atoms. The van der Waals surface area contributed by atoms with Crippen LogP contribution in [0.5, 0.6) is 0 Å². The van der Waals surface area contributed by atoms with Crippen LogP contribution < -0.4 is 10.6 Å². The molecule has 1 heterocycles. The number of anilines is 1. The molecule has 0 radical (unpaired) electrons. The van der Waals surface area contributed by atoms with Crippen molar-refractivity contribution in [3.05, 3.63) is 52.2 Å². The quantitative estimate of drug-likeness (QED) is 0.844. The van der Waals surface area contributed by atoms with Crippen molar-refractivity contribution in [2.45, 2.75) is 25.8 Å². The van der Waals surface area contributed by atoms with Crippen LogP contribution in [-0.4, -0.2) is 12.5 Å². The van der Waals surface area contributed by atoms with Gasteiger partial charge >= 0.3 is 0 Å². The van der Waals surface area contributed by atoms with Crippen LogP contribution in [0.3, 0.4) is 0 Å². The number of rotatable bonds is 6. The van der Waals surface area contributed by atoms with Crippen molar-refractivity contribution in [2.75, 3.05) is 11.9 Å². The van der Waals surface area contributed by atoms with Crippen molar-refractivity contribution in [1.29, 1.82) is 0 Å². The Morgan fingerprint density at radius 3 is 2.86 bits per heavy atom. The largest absolute Gasteiger partial charge is 0.377 e. The van der Waals surface area contributed by atoms with Crippen LogP contribution >= 0.6 is 11.3 Å². The zero-order valence-electron chi connectivity index (χ0n) is 12.1. The highest BCUT2D eigenvalue weighted by Gasteiger charge is 2.32. The summed E-state index contributed by atoms with van der Waals surface area (Å²) in [6.07, 6.45) is 2.57. The topological polar surface area (TPSA) is 41.1 Å². The summed E-state index contributed by atoms with van der Waals surface area (Å²) < 4.78 is 0. The number of carbonyl (C=O) groups is 1. The fourth-order valence-corrected chi connectivity index (χ4v) is 3.38. The predicted molar refractivity (Wildman–Crippen MR) is 87.9 cm³/mol. The molecule has 1 saturated carbocycles. The Balaban J connectivity index is 1.77. The maximum Gasteiger partial charge on any atom is 0.251 e. The van der Waals surface area contributed by atoms with Gasteiger partial charge in [0.1, 0.15) is 0 Å². The fourth-order valence-electron chi connectivity index (χ4n) is 2.51. The van der Waals surface area contributed by atoms with E-state index in [0.717, 1.165) is 11.6 Å². The van der Waals surface area contributed by atoms with Gasteiger partial charge in [0.15, 0.2) is 0 Å². The lowest BCUT2D eigenvalue weighted by Crippen LogP contribution is -2.22. The Bertz CT molecular complexity index is 605. The molecule has 1 aromatic carbocycles. The molecule has 0 aliphatic heterocycles. The van der Waals surface area contributed by atoms with Gasteiger partial charge in [-0.15, -0.1) is 11.3 Å². The van der Waals surface area contributed by atoms with Crippen molar-refractivity contribution < 1.29 is 4.79 Å². The summed E-state index contributed by atoms with van der Waals surface area (Å²) in [6, 6.07) is 12.4. The van der Waals surface area contributed by atoms with Crippen molar-refractivity contribution in [3.8, 4) is 0 Å². The summed E-state index contributed by atoms with van der Waals surface area (Å²) >= 11 is 1.80. The molecule has 1 fully saturated rings. The Morgan fingerprint density at radius 1 is 1.33 bits per heavy atom. The summed E-state index contributed by atoms with van der Waals surface area (Å²) in [5.41, 5.74) is 1.73. The van der Waals surface area contributed by atoms with Crippen molar-refractivity contribution in [3.63, 3.8) is 0 Å². The Labute approximate surface area is 129 Å². The average molecular weight is 300 g/mol. The molecule has 1 aliphatic carbocycles. The SMILES string of the molecule is CCNC(=O)c1cccc(NC(c2cccs2)C2CC2)c1. The Morgan fingerprint density at radius 2 is 2.19 bits per heavy atom. The molecular weight excluding hydrogens is 280 g/mol. The van der Waals surface area contributed by atoms with Gasteiger partial charge in [0.25, 0.3) is 5.91 Å². The summed E-state index contributed by atoms with van der Waals surface area (Å²) in [7, 11) is 0. The lowest BCUT2D eigenvalue weighted by Gasteiger charge is -2.18. The van der Waals surface area contributed by atoms with Crippen molar-refractivity contribution in [2.24, 2.45) is 5.92 Å². The molecule has 1 amide bonds. The second-order valence-corrected chi connectivity index (χ2v) is 6.39. The van der Waals surface area contributed by atoms with Gasteiger partial charge in [-0.2, -0.15) is 0 Å². The summed E-state index contributed by atoms with van der Waals surface area (Å²) in [5.74, 6) is 0.706.